The van der Waals surface area contributed by atoms with E-state index < -0.39 is 15.7 Å². The molecule has 0 aliphatic heterocycles. The maximum Gasteiger partial charge on any atom is 0.182 e. The third-order valence-electron chi connectivity index (χ3n) is 2.46. The van der Waals surface area contributed by atoms with Crippen molar-refractivity contribution in [2.24, 2.45) is 0 Å². The van der Waals surface area contributed by atoms with Crippen molar-refractivity contribution in [3.8, 4) is 0 Å². The summed E-state index contributed by atoms with van der Waals surface area (Å²) in [4.78, 5) is -0.0394. The molecular weight excluding hydrogens is 275 g/mol. The second-order valence-corrected chi connectivity index (χ2v) is 6.20. The average Bonchev–Trinajstić information content (AvgIpc) is 2.32. The Morgan fingerprint density at radius 3 is 2.44 bits per heavy atom. The first kappa shape index (κ1) is 13.1. The Balaban J connectivity index is 2.37. The van der Waals surface area contributed by atoms with Crippen LogP contribution in [0.25, 0.3) is 0 Å². The van der Waals surface area contributed by atoms with E-state index in [0.717, 1.165) is 6.07 Å². The number of benzene rings is 2. The number of hydrogen-bond acceptors (Lipinski definition) is 2. The van der Waals surface area contributed by atoms with Crippen LogP contribution in [0.4, 0.5) is 4.39 Å². The van der Waals surface area contributed by atoms with Gasteiger partial charge in [0.25, 0.3) is 0 Å². The van der Waals surface area contributed by atoms with Crippen molar-refractivity contribution in [1.82, 2.24) is 0 Å². The Morgan fingerprint density at radius 2 is 1.78 bits per heavy atom. The molecule has 0 saturated carbocycles. The molecule has 0 saturated heterocycles. The SMILES string of the molecule is O=S(=O)(Cc1ccccc1Cl)c1cccc(F)c1. The molecule has 0 N–H and O–H groups in total. The van der Waals surface area contributed by atoms with Crippen LogP contribution in [0.2, 0.25) is 5.02 Å². The highest BCUT2D eigenvalue weighted by Gasteiger charge is 2.17. The van der Waals surface area contributed by atoms with Crippen LogP contribution in [0.15, 0.2) is 53.4 Å². The first-order valence-corrected chi connectivity index (χ1v) is 7.24. The van der Waals surface area contributed by atoms with E-state index in [1.165, 1.54) is 18.2 Å². The Labute approximate surface area is 110 Å². The van der Waals surface area contributed by atoms with E-state index in [0.29, 0.717) is 10.6 Å². The molecule has 0 atom stereocenters. The number of hydrogen-bond donors (Lipinski definition) is 0. The third-order valence-corrected chi connectivity index (χ3v) is 4.49. The van der Waals surface area contributed by atoms with Crippen molar-refractivity contribution in [3.63, 3.8) is 0 Å². The molecule has 0 spiro atoms. The fourth-order valence-electron chi connectivity index (χ4n) is 1.56. The van der Waals surface area contributed by atoms with Gasteiger partial charge in [-0.2, -0.15) is 0 Å². The van der Waals surface area contributed by atoms with Crippen molar-refractivity contribution < 1.29 is 12.8 Å². The summed E-state index contributed by atoms with van der Waals surface area (Å²) < 4.78 is 37.2. The summed E-state index contributed by atoms with van der Waals surface area (Å²) in [6, 6.07) is 11.6. The van der Waals surface area contributed by atoms with Gasteiger partial charge in [0, 0.05) is 5.02 Å². The Morgan fingerprint density at radius 1 is 1.06 bits per heavy atom. The van der Waals surface area contributed by atoms with Gasteiger partial charge < -0.3 is 0 Å². The van der Waals surface area contributed by atoms with E-state index >= 15 is 0 Å². The summed E-state index contributed by atoms with van der Waals surface area (Å²) in [5.74, 6) is -0.814. The molecule has 0 aromatic heterocycles. The van der Waals surface area contributed by atoms with E-state index in [1.807, 2.05) is 0 Å². The van der Waals surface area contributed by atoms with Crippen LogP contribution in [0.3, 0.4) is 0 Å². The normalized spacial score (nSPS) is 11.4. The molecule has 0 aliphatic carbocycles. The molecule has 0 fully saturated rings. The summed E-state index contributed by atoms with van der Waals surface area (Å²) in [6.45, 7) is 0. The van der Waals surface area contributed by atoms with Gasteiger partial charge in [-0.25, -0.2) is 12.8 Å². The second-order valence-electron chi connectivity index (χ2n) is 3.81. The van der Waals surface area contributed by atoms with Crippen LogP contribution < -0.4 is 0 Å². The average molecular weight is 285 g/mol. The van der Waals surface area contributed by atoms with Crippen molar-refractivity contribution in [2.75, 3.05) is 0 Å². The van der Waals surface area contributed by atoms with Crippen molar-refractivity contribution in [2.45, 2.75) is 10.6 Å². The Kier molecular flexibility index (Phi) is 3.68. The highest BCUT2D eigenvalue weighted by atomic mass is 35.5. The molecule has 0 bridgehead atoms. The van der Waals surface area contributed by atoms with Gasteiger partial charge in [-0.3, -0.25) is 0 Å². The topological polar surface area (TPSA) is 34.1 Å². The van der Waals surface area contributed by atoms with E-state index in [4.69, 9.17) is 11.6 Å². The van der Waals surface area contributed by atoms with Gasteiger partial charge in [-0.1, -0.05) is 35.9 Å². The zero-order chi connectivity index (χ0) is 13.2. The Bertz CT molecular complexity index is 668. The molecule has 0 radical (unpaired) electrons. The quantitative estimate of drug-likeness (QED) is 0.865. The van der Waals surface area contributed by atoms with E-state index in [1.54, 1.807) is 24.3 Å². The van der Waals surface area contributed by atoms with Crippen LogP contribution in [-0.2, 0) is 15.6 Å². The third kappa shape index (κ3) is 2.89. The molecule has 2 aromatic rings. The zero-order valence-corrected chi connectivity index (χ0v) is 10.9. The van der Waals surface area contributed by atoms with E-state index in [-0.39, 0.29) is 10.6 Å². The van der Waals surface area contributed by atoms with Gasteiger partial charge in [0.1, 0.15) is 5.82 Å². The molecule has 2 aromatic carbocycles. The lowest BCUT2D eigenvalue weighted by molar-refractivity contribution is 0.590. The Hall–Kier alpha value is -1.39. The summed E-state index contributed by atoms with van der Waals surface area (Å²) in [5, 5.41) is 0.387. The first-order valence-electron chi connectivity index (χ1n) is 5.21. The molecule has 94 valence electrons. The second kappa shape index (κ2) is 5.08. The lowest BCUT2D eigenvalue weighted by Crippen LogP contribution is -2.05. The molecule has 0 unspecified atom stereocenters. The number of sulfone groups is 1. The highest BCUT2D eigenvalue weighted by Crippen LogP contribution is 2.22. The lowest BCUT2D eigenvalue weighted by Gasteiger charge is -2.06. The van der Waals surface area contributed by atoms with Crippen LogP contribution >= 0.6 is 11.6 Å². The summed E-state index contributed by atoms with van der Waals surface area (Å²) in [7, 11) is -3.58. The molecule has 5 heteroatoms. The number of rotatable bonds is 3. The van der Waals surface area contributed by atoms with E-state index in [2.05, 4.69) is 0 Å². The maximum atomic E-state index is 13.0. The van der Waals surface area contributed by atoms with Crippen LogP contribution in [0.5, 0.6) is 0 Å². The molecule has 2 rings (SSSR count). The molecule has 0 aliphatic rings. The van der Waals surface area contributed by atoms with Gasteiger partial charge in [-0.15, -0.1) is 0 Å². The maximum absolute atomic E-state index is 13.0. The largest absolute Gasteiger partial charge is 0.223 e. The summed E-state index contributed by atoms with van der Waals surface area (Å²) >= 11 is 5.91. The van der Waals surface area contributed by atoms with Gasteiger partial charge in [0.05, 0.1) is 10.6 Å². The standard InChI is InChI=1S/C13H10ClFO2S/c14-13-7-2-1-4-10(13)9-18(16,17)12-6-3-5-11(15)8-12/h1-8H,9H2. The van der Waals surface area contributed by atoms with Crippen LogP contribution in [-0.4, -0.2) is 8.42 Å². The molecule has 18 heavy (non-hydrogen) atoms. The smallest absolute Gasteiger partial charge is 0.182 e. The summed E-state index contributed by atoms with van der Waals surface area (Å²) in [5.41, 5.74) is 0.503. The predicted molar refractivity (Wildman–Crippen MR) is 68.7 cm³/mol. The monoisotopic (exact) mass is 284 g/mol. The van der Waals surface area contributed by atoms with Crippen LogP contribution in [0.1, 0.15) is 5.56 Å². The van der Waals surface area contributed by atoms with E-state index in [9.17, 15) is 12.8 Å². The molecule has 2 nitrogen and oxygen atoms in total. The highest BCUT2D eigenvalue weighted by molar-refractivity contribution is 7.90. The predicted octanol–water partition coefficient (Wildman–Crippen LogP) is 3.45. The van der Waals surface area contributed by atoms with Crippen molar-refractivity contribution in [3.05, 3.63) is 64.9 Å². The van der Waals surface area contributed by atoms with Crippen molar-refractivity contribution in [1.29, 1.82) is 0 Å². The molecule has 0 amide bonds. The lowest BCUT2D eigenvalue weighted by atomic mass is 10.2. The zero-order valence-electron chi connectivity index (χ0n) is 9.31. The minimum absolute atomic E-state index is 0.0394. The van der Waals surface area contributed by atoms with Gasteiger partial charge >= 0.3 is 0 Å². The van der Waals surface area contributed by atoms with Crippen LogP contribution in [0, 0.1) is 5.82 Å². The fourth-order valence-corrected chi connectivity index (χ4v) is 3.25. The van der Waals surface area contributed by atoms with Gasteiger partial charge in [-0.05, 0) is 29.8 Å². The minimum atomic E-state index is -3.58. The molecular formula is C13H10ClFO2S. The van der Waals surface area contributed by atoms with Crippen molar-refractivity contribution >= 4 is 21.4 Å². The fraction of sp³-hybridized carbons (Fsp3) is 0.0769. The molecule has 0 heterocycles. The minimum Gasteiger partial charge on any atom is -0.223 e. The summed E-state index contributed by atoms with van der Waals surface area (Å²) in [6.07, 6.45) is 0. The van der Waals surface area contributed by atoms with Gasteiger partial charge in [0.2, 0.25) is 0 Å². The van der Waals surface area contributed by atoms with Gasteiger partial charge in [0.15, 0.2) is 9.84 Å². The number of halogens is 2. The first-order chi connectivity index (χ1) is 8.49.